The van der Waals surface area contributed by atoms with Gasteiger partial charge in [-0.15, -0.1) is 0 Å². The van der Waals surface area contributed by atoms with E-state index in [1.807, 2.05) is 31.2 Å². The summed E-state index contributed by atoms with van der Waals surface area (Å²) in [6.45, 7) is 10.0. The Kier molecular flexibility index (Phi) is 7.54. The van der Waals surface area contributed by atoms with E-state index in [1.165, 1.54) is 19.3 Å². The summed E-state index contributed by atoms with van der Waals surface area (Å²) in [5, 5.41) is 3.44. The first-order valence-electron chi connectivity index (χ1n) is 8.64. The van der Waals surface area contributed by atoms with Crippen LogP contribution in [0, 0.1) is 0 Å². The lowest BCUT2D eigenvalue weighted by atomic mass is 10.0. The van der Waals surface area contributed by atoms with Gasteiger partial charge in [0.1, 0.15) is 6.61 Å². The molecular weight excluding hydrogens is 276 g/mol. The average Bonchev–Trinajstić information content (AvgIpc) is 2.57. The summed E-state index contributed by atoms with van der Waals surface area (Å²) in [6.07, 6.45) is 3.69. The maximum absolute atomic E-state index is 5.98. The molecule has 2 rings (SSSR count). The number of ether oxygens (including phenoxy) is 2. The van der Waals surface area contributed by atoms with Gasteiger partial charge in [-0.3, -0.25) is 4.90 Å². The van der Waals surface area contributed by atoms with E-state index in [2.05, 4.69) is 17.1 Å². The van der Waals surface area contributed by atoms with E-state index in [9.17, 15) is 0 Å². The number of piperidine rings is 1. The highest BCUT2D eigenvalue weighted by Crippen LogP contribution is 2.26. The summed E-state index contributed by atoms with van der Waals surface area (Å²) in [7, 11) is 0. The number of para-hydroxylation sites is 2. The molecule has 1 aromatic carbocycles. The van der Waals surface area contributed by atoms with E-state index in [1.54, 1.807) is 0 Å². The number of benzene rings is 1. The standard InChI is InChI=1S/C18H30N2O2/c1-3-13-20(16-9-11-19-12-10-16)14-15-22-18-8-6-5-7-17(18)21-4-2/h5-8,16,19H,3-4,9-15H2,1-2H3. The molecule has 0 bridgehead atoms. The fourth-order valence-electron chi connectivity index (χ4n) is 3.05. The highest BCUT2D eigenvalue weighted by molar-refractivity contribution is 5.39. The van der Waals surface area contributed by atoms with Crippen molar-refractivity contribution in [1.82, 2.24) is 10.2 Å². The fourth-order valence-corrected chi connectivity index (χ4v) is 3.05. The Morgan fingerprint density at radius 3 is 2.36 bits per heavy atom. The second-order valence-electron chi connectivity index (χ2n) is 5.75. The van der Waals surface area contributed by atoms with Crippen molar-refractivity contribution in [1.29, 1.82) is 0 Å². The summed E-state index contributed by atoms with van der Waals surface area (Å²) in [5.41, 5.74) is 0. The minimum absolute atomic E-state index is 0.664. The van der Waals surface area contributed by atoms with E-state index < -0.39 is 0 Å². The fraction of sp³-hybridized carbons (Fsp3) is 0.667. The van der Waals surface area contributed by atoms with Crippen molar-refractivity contribution in [2.24, 2.45) is 0 Å². The molecule has 0 atom stereocenters. The Morgan fingerprint density at radius 1 is 1.05 bits per heavy atom. The minimum Gasteiger partial charge on any atom is -0.490 e. The summed E-state index contributed by atoms with van der Waals surface area (Å²) >= 11 is 0. The van der Waals surface area contributed by atoms with Crippen molar-refractivity contribution in [3.8, 4) is 11.5 Å². The molecule has 124 valence electrons. The molecule has 1 saturated heterocycles. The van der Waals surface area contributed by atoms with Crippen molar-refractivity contribution in [3.05, 3.63) is 24.3 Å². The highest BCUT2D eigenvalue weighted by atomic mass is 16.5. The van der Waals surface area contributed by atoms with Gasteiger partial charge in [0.25, 0.3) is 0 Å². The van der Waals surface area contributed by atoms with Crippen molar-refractivity contribution < 1.29 is 9.47 Å². The number of rotatable bonds is 9. The maximum Gasteiger partial charge on any atom is 0.161 e. The summed E-state index contributed by atoms with van der Waals surface area (Å²) in [4.78, 5) is 2.59. The molecule has 0 unspecified atom stereocenters. The van der Waals surface area contributed by atoms with Crippen molar-refractivity contribution in [2.45, 2.75) is 39.2 Å². The Bertz CT molecular complexity index is 419. The van der Waals surface area contributed by atoms with E-state index in [0.717, 1.165) is 37.7 Å². The largest absolute Gasteiger partial charge is 0.490 e. The van der Waals surface area contributed by atoms with Gasteiger partial charge < -0.3 is 14.8 Å². The number of nitrogens with zero attached hydrogens (tertiary/aromatic N) is 1. The number of hydrogen-bond donors (Lipinski definition) is 1. The molecule has 0 amide bonds. The van der Waals surface area contributed by atoms with Crippen molar-refractivity contribution in [2.75, 3.05) is 39.4 Å². The van der Waals surface area contributed by atoms with Crippen molar-refractivity contribution >= 4 is 0 Å². The zero-order valence-corrected chi connectivity index (χ0v) is 14.0. The first kappa shape index (κ1) is 17.1. The van der Waals surface area contributed by atoms with Crippen LogP contribution in [-0.2, 0) is 0 Å². The van der Waals surface area contributed by atoms with Crippen LogP contribution in [0.25, 0.3) is 0 Å². The average molecular weight is 306 g/mol. The molecule has 1 heterocycles. The van der Waals surface area contributed by atoms with Crippen LogP contribution in [0.3, 0.4) is 0 Å². The van der Waals surface area contributed by atoms with Gasteiger partial charge >= 0.3 is 0 Å². The lowest BCUT2D eigenvalue weighted by Crippen LogP contribution is -2.45. The third kappa shape index (κ3) is 5.18. The van der Waals surface area contributed by atoms with Gasteiger partial charge in [0.2, 0.25) is 0 Å². The second-order valence-corrected chi connectivity index (χ2v) is 5.75. The zero-order valence-electron chi connectivity index (χ0n) is 14.0. The Labute approximate surface area is 134 Å². The highest BCUT2D eigenvalue weighted by Gasteiger charge is 2.20. The summed E-state index contributed by atoms with van der Waals surface area (Å²) in [5.74, 6) is 1.69. The van der Waals surface area contributed by atoms with Crippen LogP contribution < -0.4 is 14.8 Å². The first-order valence-corrected chi connectivity index (χ1v) is 8.64. The molecule has 4 heteroatoms. The summed E-state index contributed by atoms with van der Waals surface area (Å²) < 4.78 is 11.6. The van der Waals surface area contributed by atoms with Crippen LogP contribution in [0.15, 0.2) is 24.3 Å². The third-order valence-electron chi connectivity index (χ3n) is 4.12. The molecule has 4 nitrogen and oxygen atoms in total. The van der Waals surface area contributed by atoms with Gasteiger partial charge in [0.05, 0.1) is 6.61 Å². The molecule has 0 radical (unpaired) electrons. The van der Waals surface area contributed by atoms with Gasteiger partial charge in [-0.05, 0) is 58.0 Å². The Balaban J connectivity index is 1.84. The van der Waals surface area contributed by atoms with E-state index in [0.29, 0.717) is 19.3 Å². The third-order valence-corrected chi connectivity index (χ3v) is 4.12. The van der Waals surface area contributed by atoms with Gasteiger partial charge in [0.15, 0.2) is 11.5 Å². The van der Waals surface area contributed by atoms with Crippen molar-refractivity contribution in [3.63, 3.8) is 0 Å². The smallest absolute Gasteiger partial charge is 0.161 e. The molecule has 0 aromatic heterocycles. The van der Waals surface area contributed by atoms with E-state index in [4.69, 9.17) is 9.47 Å². The van der Waals surface area contributed by atoms with Gasteiger partial charge in [-0.1, -0.05) is 19.1 Å². The lowest BCUT2D eigenvalue weighted by molar-refractivity contribution is 0.133. The predicted octanol–water partition coefficient (Wildman–Crippen LogP) is 2.93. The van der Waals surface area contributed by atoms with Gasteiger partial charge in [-0.25, -0.2) is 0 Å². The number of nitrogens with one attached hydrogen (secondary N) is 1. The van der Waals surface area contributed by atoms with Crippen LogP contribution in [-0.4, -0.2) is 50.3 Å². The maximum atomic E-state index is 5.98. The Hall–Kier alpha value is -1.26. The summed E-state index contributed by atoms with van der Waals surface area (Å²) in [6, 6.07) is 8.63. The first-order chi connectivity index (χ1) is 10.8. The van der Waals surface area contributed by atoms with Crippen LogP contribution in [0.2, 0.25) is 0 Å². The molecule has 1 aliphatic heterocycles. The van der Waals surface area contributed by atoms with Crippen LogP contribution in [0.5, 0.6) is 11.5 Å². The molecule has 0 saturated carbocycles. The second kappa shape index (κ2) is 9.70. The monoisotopic (exact) mass is 306 g/mol. The topological polar surface area (TPSA) is 33.7 Å². The zero-order chi connectivity index (χ0) is 15.6. The van der Waals surface area contributed by atoms with Crippen LogP contribution >= 0.6 is 0 Å². The van der Waals surface area contributed by atoms with Gasteiger partial charge in [0, 0.05) is 12.6 Å². The SMILES string of the molecule is CCCN(CCOc1ccccc1OCC)C1CCNCC1. The molecule has 1 aliphatic rings. The molecule has 1 aromatic rings. The number of hydrogen-bond acceptors (Lipinski definition) is 4. The predicted molar refractivity (Wildman–Crippen MR) is 90.9 cm³/mol. The van der Waals surface area contributed by atoms with Crippen LogP contribution in [0.1, 0.15) is 33.1 Å². The molecule has 0 spiro atoms. The molecule has 1 N–H and O–H groups in total. The molecule has 1 fully saturated rings. The Morgan fingerprint density at radius 2 is 1.73 bits per heavy atom. The minimum atomic E-state index is 0.664. The van der Waals surface area contributed by atoms with E-state index in [-0.39, 0.29) is 0 Å². The normalized spacial score (nSPS) is 16.0. The van der Waals surface area contributed by atoms with Crippen LogP contribution in [0.4, 0.5) is 0 Å². The van der Waals surface area contributed by atoms with Gasteiger partial charge in [-0.2, -0.15) is 0 Å². The van der Waals surface area contributed by atoms with E-state index >= 15 is 0 Å². The molecule has 22 heavy (non-hydrogen) atoms. The lowest BCUT2D eigenvalue weighted by Gasteiger charge is -2.34. The quantitative estimate of drug-likeness (QED) is 0.760. The molecule has 0 aliphatic carbocycles. The molecular formula is C18H30N2O2.